The van der Waals surface area contributed by atoms with Gasteiger partial charge in [0.05, 0.1) is 19.2 Å². The number of likely N-dealkylation sites (tertiary alicyclic amines) is 1. The summed E-state index contributed by atoms with van der Waals surface area (Å²) in [5.41, 5.74) is 2.29. The number of carbonyl (C=O) groups excluding carboxylic acids is 1. The van der Waals surface area contributed by atoms with Crippen LogP contribution in [0.15, 0.2) is 23.2 Å². The van der Waals surface area contributed by atoms with E-state index in [-0.39, 0.29) is 11.9 Å². The monoisotopic (exact) mass is 431 g/mol. The molecule has 1 unspecified atom stereocenters. The molecule has 0 radical (unpaired) electrons. The Balaban J connectivity index is 1.87. The zero-order valence-corrected chi connectivity index (χ0v) is 20.0. The Labute approximate surface area is 188 Å². The average molecular weight is 432 g/mol. The van der Waals surface area contributed by atoms with Crippen LogP contribution >= 0.6 is 0 Å². The normalized spacial score (nSPS) is 16.9. The van der Waals surface area contributed by atoms with Crippen molar-refractivity contribution in [3.8, 4) is 5.75 Å². The van der Waals surface area contributed by atoms with Crippen LogP contribution in [0.5, 0.6) is 5.75 Å². The van der Waals surface area contributed by atoms with Crippen LogP contribution in [-0.2, 0) is 11.3 Å². The zero-order chi connectivity index (χ0) is 22.6. The van der Waals surface area contributed by atoms with Crippen molar-refractivity contribution in [3.05, 3.63) is 29.3 Å². The molecule has 174 valence electrons. The molecule has 1 aliphatic rings. The van der Waals surface area contributed by atoms with Gasteiger partial charge in [-0.05, 0) is 57.7 Å². The molecule has 2 N–H and O–H groups in total. The summed E-state index contributed by atoms with van der Waals surface area (Å²) in [7, 11) is 3.68. The minimum absolute atomic E-state index is 0.0417. The molecule has 7 heteroatoms. The smallest absolute Gasteiger partial charge is 0.239 e. The van der Waals surface area contributed by atoms with Crippen LogP contribution in [-0.4, -0.2) is 74.6 Å². The van der Waals surface area contributed by atoms with Gasteiger partial charge in [-0.15, -0.1) is 0 Å². The summed E-state index contributed by atoms with van der Waals surface area (Å²) >= 11 is 0. The van der Waals surface area contributed by atoms with Gasteiger partial charge in [0.15, 0.2) is 5.96 Å². The Morgan fingerprint density at radius 3 is 2.81 bits per heavy atom. The summed E-state index contributed by atoms with van der Waals surface area (Å²) in [5.74, 6) is 1.96. The number of amides is 1. The molecule has 1 aromatic rings. The third-order valence-electron chi connectivity index (χ3n) is 5.44. The van der Waals surface area contributed by atoms with Crippen molar-refractivity contribution in [2.75, 3.05) is 46.9 Å². The van der Waals surface area contributed by atoms with Crippen molar-refractivity contribution in [3.63, 3.8) is 0 Å². The maximum atomic E-state index is 12.3. The van der Waals surface area contributed by atoms with Crippen LogP contribution in [0.3, 0.4) is 0 Å². The minimum Gasteiger partial charge on any atom is -0.493 e. The van der Waals surface area contributed by atoms with Crippen molar-refractivity contribution in [2.24, 2.45) is 4.99 Å². The quantitative estimate of drug-likeness (QED) is 0.320. The molecule has 0 aliphatic carbocycles. The standard InChI is InChI=1S/C24H41N5O2/c1-6-16-31-22-17-19(3)11-12-20(22)18-27-24(25-7-2)26-13-9-15-29-14-8-10-21(29)23(30)28(4)5/h11-12,17,21H,6-10,13-16,18H2,1-5H3,(H2,25,26,27). The van der Waals surface area contributed by atoms with Gasteiger partial charge in [0.2, 0.25) is 5.91 Å². The first kappa shape index (κ1) is 25.0. The maximum Gasteiger partial charge on any atom is 0.239 e. The highest BCUT2D eigenvalue weighted by Gasteiger charge is 2.30. The van der Waals surface area contributed by atoms with E-state index in [1.54, 1.807) is 4.90 Å². The van der Waals surface area contributed by atoms with Gasteiger partial charge in [0.1, 0.15) is 5.75 Å². The number of hydrogen-bond donors (Lipinski definition) is 2. The van der Waals surface area contributed by atoms with Crippen molar-refractivity contribution in [1.82, 2.24) is 20.4 Å². The first-order valence-corrected chi connectivity index (χ1v) is 11.7. The second-order valence-corrected chi connectivity index (χ2v) is 8.36. The molecule has 0 aromatic heterocycles. The van der Waals surface area contributed by atoms with Crippen LogP contribution in [0, 0.1) is 6.92 Å². The molecule has 0 spiro atoms. The third-order valence-corrected chi connectivity index (χ3v) is 5.44. The lowest BCUT2D eigenvalue weighted by Crippen LogP contribution is -2.44. The van der Waals surface area contributed by atoms with Gasteiger partial charge in [-0.3, -0.25) is 9.69 Å². The zero-order valence-electron chi connectivity index (χ0n) is 20.0. The molecular formula is C24H41N5O2. The number of hydrogen-bond acceptors (Lipinski definition) is 4. The number of rotatable bonds is 11. The number of nitrogens with one attached hydrogen (secondary N) is 2. The van der Waals surface area contributed by atoms with E-state index in [0.717, 1.165) is 69.1 Å². The van der Waals surface area contributed by atoms with Gasteiger partial charge in [-0.1, -0.05) is 19.1 Å². The van der Waals surface area contributed by atoms with E-state index in [1.165, 1.54) is 5.56 Å². The van der Waals surface area contributed by atoms with Gasteiger partial charge in [0, 0.05) is 39.3 Å². The second kappa shape index (κ2) is 13.2. The fourth-order valence-corrected chi connectivity index (χ4v) is 3.81. The largest absolute Gasteiger partial charge is 0.493 e. The number of likely N-dealkylation sites (N-methyl/N-ethyl adjacent to an activating group) is 1. The molecule has 1 atom stereocenters. The van der Waals surface area contributed by atoms with Crippen LogP contribution in [0.25, 0.3) is 0 Å². The average Bonchev–Trinajstić information content (AvgIpc) is 3.22. The summed E-state index contributed by atoms with van der Waals surface area (Å²) in [6.07, 6.45) is 4.02. The Morgan fingerprint density at radius 2 is 2.10 bits per heavy atom. The molecule has 2 rings (SSSR count). The Hall–Kier alpha value is -2.28. The predicted molar refractivity (Wildman–Crippen MR) is 128 cm³/mol. The van der Waals surface area contributed by atoms with E-state index in [2.05, 4.69) is 54.5 Å². The Bertz CT molecular complexity index is 720. The van der Waals surface area contributed by atoms with Gasteiger partial charge >= 0.3 is 0 Å². The van der Waals surface area contributed by atoms with Gasteiger partial charge in [-0.25, -0.2) is 4.99 Å². The number of aliphatic imine (C=N–C) groups is 1. The molecular weight excluding hydrogens is 390 g/mol. The van der Waals surface area contributed by atoms with Crippen LogP contribution in [0.2, 0.25) is 0 Å². The van der Waals surface area contributed by atoms with Crippen LogP contribution < -0.4 is 15.4 Å². The molecule has 1 aliphatic heterocycles. The van der Waals surface area contributed by atoms with Crippen molar-refractivity contribution in [1.29, 1.82) is 0 Å². The second-order valence-electron chi connectivity index (χ2n) is 8.36. The molecule has 0 bridgehead atoms. The number of aryl methyl sites for hydroxylation is 1. The number of ether oxygens (including phenoxy) is 1. The number of benzene rings is 1. The lowest BCUT2D eigenvalue weighted by Gasteiger charge is -2.26. The molecule has 1 aromatic carbocycles. The molecule has 31 heavy (non-hydrogen) atoms. The fourth-order valence-electron chi connectivity index (χ4n) is 3.81. The number of carbonyl (C=O) groups is 1. The molecule has 1 heterocycles. The summed E-state index contributed by atoms with van der Waals surface area (Å²) in [5, 5.41) is 6.75. The van der Waals surface area contributed by atoms with Crippen LogP contribution in [0.1, 0.15) is 50.7 Å². The van der Waals surface area contributed by atoms with Gasteiger partial charge in [0.25, 0.3) is 0 Å². The Kier molecular flexibility index (Phi) is 10.6. The molecule has 0 saturated carbocycles. The minimum atomic E-state index is 0.0417. The lowest BCUT2D eigenvalue weighted by molar-refractivity contribution is -0.133. The molecule has 1 fully saturated rings. The first-order valence-electron chi connectivity index (χ1n) is 11.7. The van der Waals surface area contributed by atoms with Gasteiger partial charge in [-0.2, -0.15) is 0 Å². The fraction of sp³-hybridized carbons (Fsp3) is 0.667. The van der Waals surface area contributed by atoms with E-state index in [9.17, 15) is 4.79 Å². The summed E-state index contributed by atoms with van der Waals surface area (Å²) in [6.45, 7) is 11.1. The number of guanidine groups is 1. The predicted octanol–water partition coefficient (Wildman–Crippen LogP) is 2.78. The maximum absolute atomic E-state index is 12.3. The van der Waals surface area contributed by atoms with E-state index in [0.29, 0.717) is 13.2 Å². The van der Waals surface area contributed by atoms with Gasteiger partial charge < -0.3 is 20.3 Å². The first-order chi connectivity index (χ1) is 15.0. The summed E-state index contributed by atoms with van der Waals surface area (Å²) in [4.78, 5) is 21.1. The molecule has 1 amide bonds. The van der Waals surface area contributed by atoms with E-state index < -0.39 is 0 Å². The van der Waals surface area contributed by atoms with Crippen molar-refractivity contribution < 1.29 is 9.53 Å². The van der Waals surface area contributed by atoms with E-state index in [4.69, 9.17) is 9.73 Å². The van der Waals surface area contributed by atoms with E-state index >= 15 is 0 Å². The number of nitrogens with zero attached hydrogens (tertiary/aromatic N) is 3. The van der Waals surface area contributed by atoms with Crippen molar-refractivity contribution >= 4 is 11.9 Å². The van der Waals surface area contributed by atoms with E-state index in [1.807, 2.05) is 14.1 Å². The highest BCUT2D eigenvalue weighted by atomic mass is 16.5. The van der Waals surface area contributed by atoms with Crippen LogP contribution in [0.4, 0.5) is 0 Å². The summed E-state index contributed by atoms with van der Waals surface area (Å²) in [6, 6.07) is 6.33. The lowest BCUT2D eigenvalue weighted by atomic mass is 10.1. The third kappa shape index (κ3) is 8.05. The molecule has 7 nitrogen and oxygen atoms in total. The highest BCUT2D eigenvalue weighted by molar-refractivity contribution is 5.81. The highest BCUT2D eigenvalue weighted by Crippen LogP contribution is 2.21. The summed E-state index contributed by atoms with van der Waals surface area (Å²) < 4.78 is 5.91. The SMILES string of the molecule is CCCOc1cc(C)ccc1CN=C(NCC)NCCCN1CCCC1C(=O)N(C)C. The van der Waals surface area contributed by atoms with Crippen molar-refractivity contribution in [2.45, 2.75) is 59.0 Å². The molecule has 1 saturated heterocycles. The Morgan fingerprint density at radius 1 is 1.29 bits per heavy atom. The topological polar surface area (TPSA) is 69.2 Å².